The van der Waals surface area contributed by atoms with Gasteiger partial charge in [0.1, 0.15) is 16.5 Å². The molecule has 0 spiro atoms. The van der Waals surface area contributed by atoms with Crippen molar-refractivity contribution in [3.05, 3.63) is 58.4 Å². The quantitative estimate of drug-likeness (QED) is 0.732. The standard InChI is InChI=1S/C12H8ClN7O2/c13-9-5-15-6-10(19-9)20-12(22)8(4-17-20)18-11(21)7-3-14-1-2-16-7/h1-6,17H,(H,18,21). The summed E-state index contributed by atoms with van der Waals surface area (Å²) in [5.74, 6) is -0.342. The molecule has 1 amide bonds. The van der Waals surface area contributed by atoms with Gasteiger partial charge in [0, 0.05) is 18.6 Å². The van der Waals surface area contributed by atoms with Crippen molar-refractivity contribution in [3.63, 3.8) is 0 Å². The van der Waals surface area contributed by atoms with Crippen LogP contribution in [0.5, 0.6) is 0 Å². The van der Waals surface area contributed by atoms with Crippen LogP contribution in [0.1, 0.15) is 10.5 Å². The zero-order valence-electron chi connectivity index (χ0n) is 10.9. The monoisotopic (exact) mass is 317 g/mol. The fourth-order valence-electron chi connectivity index (χ4n) is 1.67. The van der Waals surface area contributed by atoms with Crippen LogP contribution >= 0.6 is 11.6 Å². The van der Waals surface area contributed by atoms with Crippen LogP contribution in [0.15, 0.2) is 42.0 Å². The van der Waals surface area contributed by atoms with Gasteiger partial charge in [-0.15, -0.1) is 0 Å². The Morgan fingerprint density at radius 3 is 2.82 bits per heavy atom. The Balaban J connectivity index is 1.88. The minimum Gasteiger partial charge on any atom is -0.315 e. The molecule has 0 unspecified atom stereocenters. The zero-order valence-corrected chi connectivity index (χ0v) is 11.7. The van der Waals surface area contributed by atoms with Crippen molar-refractivity contribution < 1.29 is 4.79 Å². The van der Waals surface area contributed by atoms with E-state index in [1.54, 1.807) is 0 Å². The summed E-state index contributed by atoms with van der Waals surface area (Å²) in [5.41, 5.74) is -0.372. The molecule has 0 saturated heterocycles. The molecule has 10 heteroatoms. The van der Waals surface area contributed by atoms with E-state index in [-0.39, 0.29) is 22.4 Å². The van der Waals surface area contributed by atoms with Crippen molar-refractivity contribution in [2.75, 3.05) is 5.32 Å². The Labute approximate surface area is 128 Å². The average molecular weight is 318 g/mol. The molecule has 0 aliphatic rings. The number of hydrogen-bond donors (Lipinski definition) is 2. The summed E-state index contributed by atoms with van der Waals surface area (Å²) in [6, 6.07) is 0. The number of rotatable bonds is 3. The first-order valence-corrected chi connectivity index (χ1v) is 6.38. The third kappa shape index (κ3) is 2.69. The van der Waals surface area contributed by atoms with Crippen molar-refractivity contribution >= 4 is 23.2 Å². The summed E-state index contributed by atoms with van der Waals surface area (Å²) in [5, 5.41) is 5.25. The van der Waals surface area contributed by atoms with Gasteiger partial charge in [-0.25, -0.2) is 9.97 Å². The van der Waals surface area contributed by atoms with Crippen LogP contribution in [0.4, 0.5) is 5.69 Å². The molecule has 22 heavy (non-hydrogen) atoms. The Hall–Kier alpha value is -3.07. The highest BCUT2D eigenvalue weighted by atomic mass is 35.5. The van der Waals surface area contributed by atoms with E-state index in [1.165, 1.54) is 37.2 Å². The van der Waals surface area contributed by atoms with Crippen molar-refractivity contribution in [2.24, 2.45) is 0 Å². The maximum Gasteiger partial charge on any atom is 0.296 e. The van der Waals surface area contributed by atoms with Gasteiger partial charge in [-0.05, 0) is 0 Å². The lowest BCUT2D eigenvalue weighted by Crippen LogP contribution is -2.22. The molecule has 9 nitrogen and oxygen atoms in total. The molecule has 3 aromatic heterocycles. The SMILES string of the molecule is O=C(Nc1c[nH]n(-c2cncc(Cl)n2)c1=O)c1cnccn1. The lowest BCUT2D eigenvalue weighted by Gasteiger charge is -2.00. The number of carbonyl (C=O) groups excluding carboxylic acids is 1. The lowest BCUT2D eigenvalue weighted by molar-refractivity contribution is 0.102. The van der Waals surface area contributed by atoms with Gasteiger partial charge < -0.3 is 5.32 Å². The van der Waals surface area contributed by atoms with Gasteiger partial charge in [0.2, 0.25) is 0 Å². The first-order chi connectivity index (χ1) is 10.6. The molecule has 110 valence electrons. The number of nitrogens with one attached hydrogen (secondary N) is 2. The lowest BCUT2D eigenvalue weighted by atomic mass is 10.4. The topological polar surface area (TPSA) is 118 Å². The number of H-pyrrole nitrogens is 1. The fourth-order valence-corrected chi connectivity index (χ4v) is 1.82. The largest absolute Gasteiger partial charge is 0.315 e. The van der Waals surface area contributed by atoms with E-state index < -0.39 is 11.5 Å². The fraction of sp³-hybridized carbons (Fsp3) is 0. The predicted molar refractivity (Wildman–Crippen MR) is 77.0 cm³/mol. The van der Waals surface area contributed by atoms with Gasteiger partial charge in [0.15, 0.2) is 5.82 Å². The second-order valence-electron chi connectivity index (χ2n) is 4.07. The molecule has 0 aliphatic carbocycles. The third-order valence-electron chi connectivity index (χ3n) is 2.64. The zero-order chi connectivity index (χ0) is 15.5. The Kier molecular flexibility index (Phi) is 3.62. The second-order valence-corrected chi connectivity index (χ2v) is 4.46. The minimum absolute atomic E-state index is 0.0393. The van der Waals surface area contributed by atoms with Crippen molar-refractivity contribution in [1.82, 2.24) is 29.7 Å². The van der Waals surface area contributed by atoms with E-state index >= 15 is 0 Å². The maximum absolute atomic E-state index is 12.2. The number of nitrogens with zero attached hydrogens (tertiary/aromatic N) is 5. The molecule has 0 fully saturated rings. The molecular weight excluding hydrogens is 310 g/mol. The van der Waals surface area contributed by atoms with Crippen LogP contribution in [0, 0.1) is 0 Å². The van der Waals surface area contributed by atoms with E-state index in [9.17, 15) is 9.59 Å². The maximum atomic E-state index is 12.2. The smallest absolute Gasteiger partial charge is 0.296 e. The molecule has 0 aromatic carbocycles. The molecule has 0 saturated carbocycles. The van der Waals surface area contributed by atoms with E-state index in [2.05, 4.69) is 30.4 Å². The number of aromatic amines is 1. The molecule has 3 aromatic rings. The van der Waals surface area contributed by atoms with Crippen LogP contribution in [-0.2, 0) is 0 Å². The first kappa shape index (κ1) is 13.9. The van der Waals surface area contributed by atoms with Gasteiger partial charge in [0.05, 0.1) is 18.6 Å². The van der Waals surface area contributed by atoms with Crippen molar-refractivity contribution in [3.8, 4) is 5.82 Å². The van der Waals surface area contributed by atoms with E-state index in [0.717, 1.165) is 4.68 Å². The van der Waals surface area contributed by atoms with Gasteiger partial charge in [-0.1, -0.05) is 11.6 Å². The molecular formula is C12H8ClN7O2. The predicted octanol–water partition coefficient (Wildman–Crippen LogP) is 0.651. The van der Waals surface area contributed by atoms with Crippen LogP contribution < -0.4 is 10.9 Å². The van der Waals surface area contributed by atoms with Gasteiger partial charge in [0.25, 0.3) is 11.5 Å². The number of carbonyl (C=O) groups is 1. The molecule has 0 radical (unpaired) electrons. The van der Waals surface area contributed by atoms with Crippen LogP contribution in [-0.4, -0.2) is 35.6 Å². The normalized spacial score (nSPS) is 10.4. The molecule has 2 N–H and O–H groups in total. The number of amides is 1. The van der Waals surface area contributed by atoms with E-state index in [4.69, 9.17) is 11.6 Å². The second kappa shape index (κ2) is 5.74. The molecule has 0 atom stereocenters. The highest BCUT2D eigenvalue weighted by Crippen LogP contribution is 2.07. The van der Waals surface area contributed by atoms with Crippen molar-refractivity contribution in [2.45, 2.75) is 0 Å². The molecule has 0 bridgehead atoms. The Bertz CT molecular complexity index is 874. The van der Waals surface area contributed by atoms with Crippen LogP contribution in [0.3, 0.4) is 0 Å². The third-order valence-corrected chi connectivity index (χ3v) is 2.82. The summed E-state index contributed by atoms with van der Waals surface area (Å²) < 4.78 is 1.10. The number of aromatic nitrogens is 6. The summed E-state index contributed by atoms with van der Waals surface area (Å²) in [6.45, 7) is 0. The summed E-state index contributed by atoms with van der Waals surface area (Å²) >= 11 is 5.73. The number of anilines is 1. The summed E-state index contributed by atoms with van der Waals surface area (Å²) in [7, 11) is 0. The average Bonchev–Trinajstić information content (AvgIpc) is 2.89. The van der Waals surface area contributed by atoms with Crippen molar-refractivity contribution in [1.29, 1.82) is 0 Å². The number of halogens is 1. The van der Waals surface area contributed by atoms with E-state index in [1.807, 2.05) is 0 Å². The van der Waals surface area contributed by atoms with E-state index in [0.29, 0.717) is 0 Å². The van der Waals surface area contributed by atoms with Crippen LogP contribution in [0.25, 0.3) is 5.82 Å². The Morgan fingerprint density at radius 1 is 1.23 bits per heavy atom. The van der Waals surface area contributed by atoms with Gasteiger partial charge >= 0.3 is 0 Å². The first-order valence-electron chi connectivity index (χ1n) is 6.01. The molecule has 3 rings (SSSR count). The summed E-state index contributed by atoms with van der Waals surface area (Å²) in [4.78, 5) is 39.6. The van der Waals surface area contributed by atoms with Crippen LogP contribution in [0.2, 0.25) is 5.15 Å². The molecule has 0 aliphatic heterocycles. The van der Waals surface area contributed by atoms with Gasteiger partial charge in [-0.3, -0.25) is 24.7 Å². The van der Waals surface area contributed by atoms with Gasteiger partial charge in [-0.2, -0.15) is 4.68 Å². The number of hydrogen-bond acceptors (Lipinski definition) is 6. The Morgan fingerprint density at radius 2 is 2.09 bits per heavy atom. The molecule has 3 heterocycles. The summed E-state index contributed by atoms with van der Waals surface area (Å²) in [6.07, 6.45) is 8.15. The highest BCUT2D eigenvalue weighted by molar-refractivity contribution is 6.29. The highest BCUT2D eigenvalue weighted by Gasteiger charge is 2.14. The minimum atomic E-state index is -0.548.